The number of rotatable bonds is 6. The van der Waals surface area contributed by atoms with Gasteiger partial charge < -0.3 is 10.1 Å². The molecule has 1 N–H and O–H groups in total. The van der Waals surface area contributed by atoms with Gasteiger partial charge in [0.05, 0.1) is 23.7 Å². The van der Waals surface area contributed by atoms with E-state index >= 15 is 0 Å². The molecule has 0 bridgehead atoms. The van der Waals surface area contributed by atoms with Crippen LogP contribution in [-0.4, -0.2) is 34.1 Å². The Morgan fingerprint density at radius 3 is 2.62 bits per heavy atom. The smallest absolute Gasteiger partial charge is 0.348 e. The van der Waals surface area contributed by atoms with Crippen molar-refractivity contribution in [2.45, 2.75) is 54.1 Å². The van der Waals surface area contributed by atoms with Gasteiger partial charge in [-0.25, -0.2) is 9.78 Å². The number of aromatic nitrogens is 2. The first-order chi connectivity index (χ1) is 12.1. The number of ether oxygens (including phenoxy) is 1. The Hall–Kier alpha value is -2.22. The maximum atomic E-state index is 12.9. The van der Waals surface area contributed by atoms with Crippen molar-refractivity contribution in [1.29, 1.82) is 0 Å². The minimum absolute atomic E-state index is 0.0188. The standard InChI is InChI=1S/C18H25N3O4S/c1-7-25-16(23)13-11(4)12-14(26-13)19-9-21(15(12)22)8-18(5,6)17(24)20-10(2)3/h9-10H,7-8H2,1-6H3,(H,20,24). The predicted octanol–water partition coefficient (Wildman–Crippen LogP) is 2.49. The SMILES string of the molecule is CCOC(=O)c1sc2ncn(CC(C)(C)C(=O)NC(C)C)c(=O)c2c1C. The number of carbonyl (C=O) groups excluding carboxylic acids is 2. The van der Waals surface area contributed by atoms with Crippen molar-refractivity contribution in [1.82, 2.24) is 14.9 Å². The van der Waals surface area contributed by atoms with Gasteiger partial charge in [-0.3, -0.25) is 14.2 Å². The van der Waals surface area contributed by atoms with Gasteiger partial charge in [0.25, 0.3) is 5.56 Å². The third-order valence-corrected chi connectivity index (χ3v) is 5.16. The number of amides is 1. The summed E-state index contributed by atoms with van der Waals surface area (Å²) in [4.78, 5) is 42.5. The number of aryl methyl sites for hydroxylation is 1. The van der Waals surface area contributed by atoms with Crippen molar-refractivity contribution in [2.75, 3.05) is 6.61 Å². The average molecular weight is 379 g/mol. The third-order valence-electron chi connectivity index (χ3n) is 3.98. The Morgan fingerprint density at radius 2 is 2.04 bits per heavy atom. The second-order valence-electron chi connectivity index (χ2n) is 7.15. The van der Waals surface area contributed by atoms with Crippen LogP contribution in [0, 0.1) is 12.3 Å². The predicted molar refractivity (Wildman–Crippen MR) is 102 cm³/mol. The molecule has 1 amide bonds. The highest BCUT2D eigenvalue weighted by atomic mass is 32.1. The number of fused-ring (bicyclic) bond motifs is 1. The second kappa shape index (κ2) is 7.57. The van der Waals surface area contributed by atoms with Gasteiger partial charge in [-0.2, -0.15) is 0 Å². The molecule has 0 aliphatic carbocycles. The van der Waals surface area contributed by atoms with Crippen molar-refractivity contribution < 1.29 is 14.3 Å². The highest BCUT2D eigenvalue weighted by Gasteiger charge is 2.30. The molecule has 0 aromatic carbocycles. The first-order valence-electron chi connectivity index (χ1n) is 8.55. The van der Waals surface area contributed by atoms with Gasteiger partial charge in [0.15, 0.2) is 0 Å². The molecule has 0 unspecified atom stereocenters. The van der Waals surface area contributed by atoms with Gasteiger partial charge in [0.1, 0.15) is 9.71 Å². The molecule has 0 atom stereocenters. The van der Waals surface area contributed by atoms with E-state index < -0.39 is 11.4 Å². The number of nitrogens with one attached hydrogen (secondary N) is 1. The number of thiophene rings is 1. The molecule has 2 rings (SSSR count). The lowest BCUT2D eigenvalue weighted by atomic mass is 9.91. The summed E-state index contributed by atoms with van der Waals surface area (Å²) in [6.45, 7) is 11.3. The molecule has 2 heterocycles. The quantitative estimate of drug-likeness (QED) is 0.779. The normalized spacial score (nSPS) is 11.8. The molecular formula is C18H25N3O4S. The van der Waals surface area contributed by atoms with Crippen molar-refractivity contribution in [2.24, 2.45) is 5.41 Å². The molecular weight excluding hydrogens is 354 g/mol. The number of hydrogen-bond acceptors (Lipinski definition) is 6. The molecule has 142 valence electrons. The van der Waals surface area contributed by atoms with E-state index in [1.54, 1.807) is 27.7 Å². The van der Waals surface area contributed by atoms with E-state index in [1.807, 2.05) is 13.8 Å². The largest absolute Gasteiger partial charge is 0.462 e. The Balaban J connectivity index is 2.43. The molecule has 8 heteroatoms. The van der Waals surface area contributed by atoms with Crippen LogP contribution in [0.1, 0.15) is 49.9 Å². The second-order valence-corrected chi connectivity index (χ2v) is 8.15. The molecule has 0 aliphatic heterocycles. The summed E-state index contributed by atoms with van der Waals surface area (Å²) in [7, 11) is 0. The molecule has 0 spiro atoms. The van der Waals surface area contributed by atoms with Gasteiger partial charge >= 0.3 is 5.97 Å². The molecule has 0 aliphatic rings. The summed E-state index contributed by atoms with van der Waals surface area (Å²) in [5.74, 6) is -0.579. The zero-order valence-electron chi connectivity index (χ0n) is 16.0. The number of esters is 1. The van der Waals surface area contributed by atoms with E-state index in [0.29, 0.717) is 20.7 Å². The fourth-order valence-electron chi connectivity index (χ4n) is 2.62. The van der Waals surface area contributed by atoms with Crippen LogP contribution in [0.2, 0.25) is 0 Å². The lowest BCUT2D eigenvalue weighted by Crippen LogP contribution is -2.44. The van der Waals surface area contributed by atoms with Crippen LogP contribution >= 0.6 is 11.3 Å². The van der Waals surface area contributed by atoms with Gasteiger partial charge in [-0.1, -0.05) is 0 Å². The summed E-state index contributed by atoms with van der Waals surface area (Å²) < 4.78 is 6.47. The van der Waals surface area contributed by atoms with Crippen molar-refractivity contribution >= 4 is 33.4 Å². The lowest BCUT2D eigenvalue weighted by molar-refractivity contribution is -0.130. The molecule has 0 saturated carbocycles. The van der Waals surface area contributed by atoms with E-state index in [9.17, 15) is 14.4 Å². The molecule has 0 fully saturated rings. The van der Waals surface area contributed by atoms with Crippen LogP contribution in [-0.2, 0) is 16.1 Å². The maximum absolute atomic E-state index is 12.9. The van der Waals surface area contributed by atoms with Gasteiger partial charge in [-0.05, 0) is 47.1 Å². The van der Waals surface area contributed by atoms with Crippen LogP contribution in [0.3, 0.4) is 0 Å². The zero-order valence-corrected chi connectivity index (χ0v) is 16.8. The molecule has 26 heavy (non-hydrogen) atoms. The van der Waals surface area contributed by atoms with Crippen molar-refractivity contribution in [3.63, 3.8) is 0 Å². The van der Waals surface area contributed by atoms with Crippen molar-refractivity contribution in [3.8, 4) is 0 Å². The van der Waals surface area contributed by atoms with E-state index in [-0.39, 0.29) is 30.7 Å². The van der Waals surface area contributed by atoms with E-state index in [1.165, 1.54) is 10.9 Å². The van der Waals surface area contributed by atoms with Crippen LogP contribution in [0.15, 0.2) is 11.1 Å². The van der Waals surface area contributed by atoms with Crippen LogP contribution < -0.4 is 10.9 Å². The van der Waals surface area contributed by atoms with E-state index in [2.05, 4.69) is 10.3 Å². The molecule has 0 saturated heterocycles. The minimum Gasteiger partial charge on any atom is -0.462 e. The first-order valence-corrected chi connectivity index (χ1v) is 9.36. The summed E-state index contributed by atoms with van der Waals surface area (Å²) in [6.07, 6.45) is 1.43. The van der Waals surface area contributed by atoms with Crippen LogP contribution in [0.25, 0.3) is 10.2 Å². The summed E-state index contributed by atoms with van der Waals surface area (Å²) in [5.41, 5.74) is -0.471. The Labute approximate surface area is 156 Å². The summed E-state index contributed by atoms with van der Waals surface area (Å²) >= 11 is 1.15. The summed E-state index contributed by atoms with van der Waals surface area (Å²) in [5, 5.41) is 3.27. The fourth-order valence-corrected chi connectivity index (χ4v) is 3.65. The van der Waals surface area contributed by atoms with Crippen LogP contribution in [0.4, 0.5) is 0 Å². The monoisotopic (exact) mass is 379 g/mol. The van der Waals surface area contributed by atoms with Gasteiger partial charge in [0.2, 0.25) is 5.91 Å². The summed E-state index contributed by atoms with van der Waals surface area (Å²) in [6, 6.07) is 0.0188. The van der Waals surface area contributed by atoms with E-state index in [4.69, 9.17) is 4.74 Å². The Morgan fingerprint density at radius 1 is 1.38 bits per heavy atom. The minimum atomic E-state index is -0.780. The number of nitrogens with zero attached hydrogens (tertiary/aromatic N) is 2. The molecule has 0 radical (unpaired) electrons. The van der Waals surface area contributed by atoms with Crippen LogP contribution in [0.5, 0.6) is 0 Å². The topological polar surface area (TPSA) is 90.3 Å². The van der Waals surface area contributed by atoms with Gasteiger partial charge in [0, 0.05) is 12.6 Å². The first kappa shape index (κ1) is 20.1. The van der Waals surface area contributed by atoms with Gasteiger partial charge in [-0.15, -0.1) is 11.3 Å². The molecule has 2 aromatic rings. The third kappa shape index (κ3) is 3.95. The Kier molecular flexibility index (Phi) is 5.85. The molecule has 2 aromatic heterocycles. The Bertz CT molecular complexity index is 896. The number of carbonyl (C=O) groups is 2. The van der Waals surface area contributed by atoms with Crippen molar-refractivity contribution in [3.05, 3.63) is 27.1 Å². The fraction of sp³-hybridized carbons (Fsp3) is 0.556. The highest BCUT2D eigenvalue weighted by molar-refractivity contribution is 7.20. The number of hydrogen-bond donors (Lipinski definition) is 1. The average Bonchev–Trinajstić information content (AvgIpc) is 2.87. The lowest BCUT2D eigenvalue weighted by Gasteiger charge is -2.25. The zero-order chi connectivity index (χ0) is 19.6. The highest BCUT2D eigenvalue weighted by Crippen LogP contribution is 2.28. The maximum Gasteiger partial charge on any atom is 0.348 e. The molecule has 7 nitrogen and oxygen atoms in total. The van der Waals surface area contributed by atoms with E-state index in [0.717, 1.165) is 11.3 Å².